The zero-order valence-electron chi connectivity index (χ0n) is 13.2. The molecular formula is C16H24BrN3O. The molecule has 2 rings (SSSR count). The third kappa shape index (κ3) is 3.58. The maximum absolute atomic E-state index is 12.2. The van der Waals surface area contributed by atoms with Gasteiger partial charge in [-0.3, -0.25) is 4.79 Å². The molecule has 1 aliphatic rings. The molecular weight excluding hydrogens is 330 g/mol. The Morgan fingerprint density at radius 1 is 1.43 bits per heavy atom. The SMILES string of the molecule is CC(C)NCc1cc(Br)ccc1N1CCNC(=O)C1(C)C. The first-order valence-electron chi connectivity index (χ1n) is 7.40. The molecule has 1 aromatic carbocycles. The van der Waals surface area contributed by atoms with E-state index in [4.69, 9.17) is 0 Å². The van der Waals surface area contributed by atoms with Gasteiger partial charge in [0, 0.05) is 35.8 Å². The summed E-state index contributed by atoms with van der Waals surface area (Å²) in [5.41, 5.74) is 1.81. The number of hydrogen-bond acceptors (Lipinski definition) is 3. The standard InChI is InChI=1S/C16H24BrN3O/c1-11(2)19-10-12-9-13(17)5-6-14(12)20-8-7-18-15(21)16(20,3)4/h5-6,9,11,19H,7-8,10H2,1-4H3,(H,18,21). The Morgan fingerprint density at radius 3 is 2.81 bits per heavy atom. The molecule has 0 bridgehead atoms. The number of piperazine rings is 1. The van der Waals surface area contributed by atoms with Crippen LogP contribution >= 0.6 is 15.9 Å². The number of nitrogens with one attached hydrogen (secondary N) is 2. The topological polar surface area (TPSA) is 44.4 Å². The predicted octanol–water partition coefficient (Wildman–Crippen LogP) is 2.66. The minimum Gasteiger partial charge on any atom is -0.355 e. The van der Waals surface area contributed by atoms with E-state index in [2.05, 4.69) is 57.4 Å². The van der Waals surface area contributed by atoms with Crippen LogP contribution < -0.4 is 15.5 Å². The van der Waals surface area contributed by atoms with Gasteiger partial charge in [-0.2, -0.15) is 0 Å². The highest BCUT2D eigenvalue weighted by Crippen LogP contribution is 2.31. The molecule has 0 saturated carbocycles. The molecule has 0 unspecified atom stereocenters. The second-order valence-electron chi connectivity index (χ2n) is 6.28. The minimum atomic E-state index is -0.529. The molecule has 1 heterocycles. The van der Waals surface area contributed by atoms with E-state index in [0.29, 0.717) is 12.6 Å². The van der Waals surface area contributed by atoms with Gasteiger partial charge in [0.05, 0.1) is 0 Å². The quantitative estimate of drug-likeness (QED) is 0.874. The van der Waals surface area contributed by atoms with Gasteiger partial charge >= 0.3 is 0 Å². The Kier molecular flexibility index (Phi) is 4.94. The van der Waals surface area contributed by atoms with Gasteiger partial charge in [0.25, 0.3) is 0 Å². The molecule has 116 valence electrons. The fourth-order valence-corrected chi connectivity index (χ4v) is 3.00. The largest absolute Gasteiger partial charge is 0.355 e. The molecule has 0 radical (unpaired) electrons. The van der Waals surface area contributed by atoms with Crippen molar-refractivity contribution in [3.63, 3.8) is 0 Å². The summed E-state index contributed by atoms with van der Waals surface area (Å²) < 4.78 is 1.06. The lowest BCUT2D eigenvalue weighted by molar-refractivity contribution is -0.126. The molecule has 0 aromatic heterocycles. The average Bonchev–Trinajstić information content (AvgIpc) is 2.40. The van der Waals surface area contributed by atoms with Crippen molar-refractivity contribution in [2.75, 3.05) is 18.0 Å². The molecule has 0 aliphatic carbocycles. The summed E-state index contributed by atoms with van der Waals surface area (Å²) in [4.78, 5) is 14.4. The molecule has 0 atom stereocenters. The number of anilines is 1. The Morgan fingerprint density at radius 2 is 2.14 bits per heavy atom. The Bertz CT molecular complexity index is 528. The third-order valence-corrected chi connectivity index (χ3v) is 4.38. The van der Waals surface area contributed by atoms with Crippen molar-refractivity contribution < 1.29 is 4.79 Å². The first-order valence-corrected chi connectivity index (χ1v) is 8.19. The van der Waals surface area contributed by atoms with E-state index in [-0.39, 0.29) is 5.91 Å². The highest BCUT2D eigenvalue weighted by atomic mass is 79.9. The van der Waals surface area contributed by atoms with Gasteiger partial charge in [-0.05, 0) is 37.6 Å². The molecule has 1 amide bonds. The van der Waals surface area contributed by atoms with E-state index in [0.717, 1.165) is 23.2 Å². The van der Waals surface area contributed by atoms with Crippen molar-refractivity contribution in [2.24, 2.45) is 0 Å². The second-order valence-corrected chi connectivity index (χ2v) is 7.19. The van der Waals surface area contributed by atoms with Gasteiger partial charge in [0.1, 0.15) is 5.54 Å². The molecule has 21 heavy (non-hydrogen) atoms. The Hall–Kier alpha value is -1.07. The van der Waals surface area contributed by atoms with Crippen LogP contribution in [-0.4, -0.2) is 30.6 Å². The van der Waals surface area contributed by atoms with Crippen LogP contribution in [-0.2, 0) is 11.3 Å². The van der Waals surface area contributed by atoms with Gasteiger partial charge < -0.3 is 15.5 Å². The number of halogens is 1. The molecule has 4 nitrogen and oxygen atoms in total. The van der Waals surface area contributed by atoms with E-state index in [1.807, 2.05) is 19.9 Å². The van der Waals surface area contributed by atoms with Crippen LogP contribution in [0.3, 0.4) is 0 Å². The van der Waals surface area contributed by atoms with Crippen molar-refractivity contribution >= 4 is 27.5 Å². The predicted molar refractivity (Wildman–Crippen MR) is 90.6 cm³/mol. The van der Waals surface area contributed by atoms with Crippen LogP contribution in [0.25, 0.3) is 0 Å². The number of amides is 1. The molecule has 1 aromatic rings. The number of hydrogen-bond donors (Lipinski definition) is 2. The summed E-state index contributed by atoms with van der Waals surface area (Å²) >= 11 is 3.54. The molecule has 5 heteroatoms. The van der Waals surface area contributed by atoms with Crippen LogP contribution in [0.5, 0.6) is 0 Å². The van der Waals surface area contributed by atoms with E-state index in [1.165, 1.54) is 5.56 Å². The maximum atomic E-state index is 12.2. The van der Waals surface area contributed by atoms with Crippen molar-refractivity contribution in [1.29, 1.82) is 0 Å². The fraction of sp³-hybridized carbons (Fsp3) is 0.562. The van der Waals surface area contributed by atoms with Gasteiger partial charge in [0.15, 0.2) is 0 Å². The van der Waals surface area contributed by atoms with Gasteiger partial charge in [0.2, 0.25) is 5.91 Å². The normalized spacial score (nSPS) is 18.0. The number of carbonyl (C=O) groups is 1. The van der Waals surface area contributed by atoms with E-state index < -0.39 is 5.54 Å². The van der Waals surface area contributed by atoms with Crippen molar-refractivity contribution in [1.82, 2.24) is 10.6 Å². The van der Waals surface area contributed by atoms with Gasteiger partial charge in [-0.25, -0.2) is 0 Å². The number of benzene rings is 1. The van der Waals surface area contributed by atoms with Crippen molar-refractivity contribution in [3.8, 4) is 0 Å². The van der Waals surface area contributed by atoms with E-state index >= 15 is 0 Å². The second kappa shape index (κ2) is 6.36. The molecule has 0 spiro atoms. The molecule has 1 saturated heterocycles. The first-order chi connectivity index (χ1) is 9.82. The van der Waals surface area contributed by atoms with Gasteiger partial charge in [-0.15, -0.1) is 0 Å². The minimum absolute atomic E-state index is 0.0828. The molecule has 2 N–H and O–H groups in total. The van der Waals surface area contributed by atoms with Crippen LogP contribution in [0.2, 0.25) is 0 Å². The summed E-state index contributed by atoms with van der Waals surface area (Å²) in [5.74, 6) is 0.0828. The van der Waals surface area contributed by atoms with Crippen molar-refractivity contribution in [2.45, 2.75) is 45.8 Å². The molecule has 1 fully saturated rings. The zero-order chi connectivity index (χ0) is 15.6. The van der Waals surface area contributed by atoms with Crippen LogP contribution in [0.1, 0.15) is 33.3 Å². The van der Waals surface area contributed by atoms with Gasteiger partial charge in [-0.1, -0.05) is 29.8 Å². The lowest BCUT2D eigenvalue weighted by atomic mass is 9.96. The number of rotatable bonds is 4. The highest BCUT2D eigenvalue weighted by molar-refractivity contribution is 9.10. The average molecular weight is 354 g/mol. The van der Waals surface area contributed by atoms with Crippen LogP contribution in [0, 0.1) is 0 Å². The fourth-order valence-electron chi connectivity index (χ4n) is 2.59. The highest BCUT2D eigenvalue weighted by Gasteiger charge is 2.38. The summed E-state index contributed by atoms with van der Waals surface area (Å²) in [5, 5.41) is 6.41. The summed E-state index contributed by atoms with van der Waals surface area (Å²) in [6, 6.07) is 6.70. The Balaban J connectivity index is 2.35. The van der Waals surface area contributed by atoms with E-state index in [1.54, 1.807) is 0 Å². The monoisotopic (exact) mass is 353 g/mol. The lowest BCUT2D eigenvalue weighted by Gasteiger charge is -2.43. The summed E-state index contributed by atoms with van der Waals surface area (Å²) in [6.45, 7) is 10.5. The smallest absolute Gasteiger partial charge is 0.245 e. The summed E-state index contributed by atoms with van der Waals surface area (Å²) in [6.07, 6.45) is 0. The Labute approximate surface area is 135 Å². The number of carbonyl (C=O) groups excluding carboxylic acids is 1. The summed E-state index contributed by atoms with van der Waals surface area (Å²) in [7, 11) is 0. The maximum Gasteiger partial charge on any atom is 0.245 e. The van der Waals surface area contributed by atoms with Crippen LogP contribution in [0.4, 0.5) is 5.69 Å². The van der Waals surface area contributed by atoms with Crippen LogP contribution in [0.15, 0.2) is 22.7 Å². The third-order valence-electron chi connectivity index (χ3n) is 3.88. The number of nitrogens with zero attached hydrogens (tertiary/aromatic N) is 1. The zero-order valence-corrected chi connectivity index (χ0v) is 14.8. The molecule has 1 aliphatic heterocycles. The van der Waals surface area contributed by atoms with Crippen molar-refractivity contribution in [3.05, 3.63) is 28.2 Å². The lowest BCUT2D eigenvalue weighted by Crippen LogP contribution is -2.62. The van der Waals surface area contributed by atoms with E-state index in [9.17, 15) is 4.79 Å². The first kappa shape index (κ1) is 16.3.